The molecule has 88 valence electrons. The lowest BCUT2D eigenvalue weighted by atomic mass is 9.81. The van der Waals surface area contributed by atoms with E-state index in [2.05, 4.69) is 12.2 Å². The second kappa shape index (κ2) is 4.81. The molecule has 3 unspecified atom stereocenters. The number of hydrogen-bond acceptors (Lipinski definition) is 3. The second-order valence-electron chi connectivity index (χ2n) is 5.01. The van der Waals surface area contributed by atoms with Crippen molar-refractivity contribution < 1.29 is 9.47 Å². The third-order valence-corrected chi connectivity index (χ3v) is 3.89. The van der Waals surface area contributed by atoms with Crippen LogP contribution in [-0.4, -0.2) is 38.5 Å². The fourth-order valence-electron chi connectivity index (χ4n) is 3.11. The van der Waals surface area contributed by atoms with E-state index in [0.717, 1.165) is 19.8 Å². The van der Waals surface area contributed by atoms with Crippen LogP contribution in [0.2, 0.25) is 0 Å². The summed E-state index contributed by atoms with van der Waals surface area (Å²) >= 11 is 0. The van der Waals surface area contributed by atoms with Crippen molar-refractivity contribution in [1.29, 1.82) is 0 Å². The zero-order valence-electron chi connectivity index (χ0n) is 9.92. The van der Waals surface area contributed by atoms with Crippen LogP contribution >= 0.6 is 0 Å². The minimum atomic E-state index is 0.0279. The number of hydrogen-bond donors (Lipinski definition) is 1. The Hall–Kier alpha value is -0.120. The average molecular weight is 213 g/mol. The molecule has 3 heteroatoms. The van der Waals surface area contributed by atoms with Crippen molar-refractivity contribution in [3.8, 4) is 0 Å². The molecule has 0 aromatic heterocycles. The van der Waals surface area contributed by atoms with Crippen molar-refractivity contribution in [2.45, 2.75) is 44.2 Å². The molecule has 0 aromatic rings. The van der Waals surface area contributed by atoms with E-state index in [4.69, 9.17) is 9.47 Å². The van der Waals surface area contributed by atoms with Gasteiger partial charge >= 0.3 is 0 Å². The molecule has 0 radical (unpaired) electrons. The molecule has 0 spiro atoms. The van der Waals surface area contributed by atoms with Crippen LogP contribution < -0.4 is 5.32 Å². The minimum absolute atomic E-state index is 0.0279. The molecule has 2 rings (SSSR count). The van der Waals surface area contributed by atoms with Gasteiger partial charge in [0.05, 0.1) is 12.2 Å². The summed E-state index contributed by atoms with van der Waals surface area (Å²) in [5, 5.41) is 3.45. The summed E-state index contributed by atoms with van der Waals surface area (Å²) in [6, 6.07) is 0.445. The molecule has 3 atom stereocenters. The maximum atomic E-state index is 5.93. The lowest BCUT2D eigenvalue weighted by molar-refractivity contribution is -0.0547. The van der Waals surface area contributed by atoms with Gasteiger partial charge in [-0.2, -0.15) is 0 Å². The van der Waals surface area contributed by atoms with Gasteiger partial charge in [-0.15, -0.1) is 0 Å². The van der Waals surface area contributed by atoms with Gasteiger partial charge in [0.25, 0.3) is 0 Å². The first-order chi connectivity index (χ1) is 7.26. The summed E-state index contributed by atoms with van der Waals surface area (Å²) in [6.45, 7) is 4.99. The van der Waals surface area contributed by atoms with E-state index in [1.54, 1.807) is 0 Å². The third-order valence-electron chi connectivity index (χ3n) is 3.89. The number of rotatable bonds is 3. The molecule has 15 heavy (non-hydrogen) atoms. The van der Waals surface area contributed by atoms with Gasteiger partial charge in [0.1, 0.15) is 0 Å². The molecule has 1 N–H and O–H groups in total. The maximum absolute atomic E-state index is 5.93. The highest BCUT2D eigenvalue weighted by molar-refractivity contribution is 4.96. The van der Waals surface area contributed by atoms with Crippen molar-refractivity contribution in [3.63, 3.8) is 0 Å². The topological polar surface area (TPSA) is 30.5 Å². The summed E-state index contributed by atoms with van der Waals surface area (Å²) in [4.78, 5) is 0. The Morgan fingerprint density at radius 2 is 2.20 bits per heavy atom. The Kier molecular flexibility index (Phi) is 3.65. The van der Waals surface area contributed by atoms with Gasteiger partial charge in [0, 0.05) is 25.2 Å². The standard InChI is InChI=1S/C12H23NO2/c1-12(6-4-8-15-12)11(13-2)10-5-3-7-14-9-10/h10-11,13H,3-9H2,1-2H3. The molecule has 2 aliphatic heterocycles. The van der Waals surface area contributed by atoms with E-state index in [1.807, 2.05) is 7.05 Å². The Morgan fingerprint density at radius 1 is 1.33 bits per heavy atom. The fourth-order valence-corrected chi connectivity index (χ4v) is 3.11. The Morgan fingerprint density at radius 3 is 2.73 bits per heavy atom. The molecule has 0 saturated carbocycles. The zero-order valence-corrected chi connectivity index (χ0v) is 9.92. The molecule has 0 amide bonds. The van der Waals surface area contributed by atoms with Crippen LogP contribution in [0.3, 0.4) is 0 Å². The van der Waals surface area contributed by atoms with E-state index in [0.29, 0.717) is 12.0 Å². The van der Waals surface area contributed by atoms with Crippen molar-refractivity contribution in [2.24, 2.45) is 5.92 Å². The monoisotopic (exact) mass is 213 g/mol. The van der Waals surface area contributed by atoms with Crippen LogP contribution in [0.1, 0.15) is 32.6 Å². The van der Waals surface area contributed by atoms with Gasteiger partial charge in [-0.3, -0.25) is 0 Å². The van der Waals surface area contributed by atoms with Gasteiger partial charge in [-0.1, -0.05) is 0 Å². The summed E-state index contributed by atoms with van der Waals surface area (Å²) in [7, 11) is 2.05. The van der Waals surface area contributed by atoms with Gasteiger partial charge in [-0.05, 0) is 39.7 Å². The molecule has 3 nitrogen and oxygen atoms in total. The quantitative estimate of drug-likeness (QED) is 0.772. The molecule has 0 aromatic carbocycles. The zero-order chi connectivity index (χ0) is 10.7. The van der Waals surface area contributed by atoms with Crippen molar-refractivity contribution >= 4 is 0 Å². The molecule has 2 aliphatic rings. The third kappa shape index (κ3) is 2.35. The van der Waals surface area contributed by atoms with Gasteiger partial charge < -0.3 is 14.8 Å². The van der Waals surface area contributed by atoms with Crippen LogP contribution in [0.15, 0.2) is 0 Å². The Bertz CT molecular complexity index is 196. The first-order valence-corrected chi connectivity index (χ1v) is 6.15. The van der Waals surface area contributed by atoms with Crippen molar-refractivity contribution in [2.75, 3.05) is 26.9 Å². The van der Waals surface area contributed by atoms with E-state index in [-0.39, 0.29) is 5.60 Å². The summed E-state index contributed by atoms with van der Waals surface area (Å²) in [5.41, 5.74) is 0.0279. The number of ether oxygens (including phenoxy) is 2. The fraction of sp³-hybridized carbons (Fsp3) is 1.00. The predicted molar refractivity (Wildman–Crippen MR) is 60.0 cm³/mol. The van der Waals surface area contributed by atoms with Gasteiger partial charge in [0.15, 0.2) is 0 Å². The lowest BCUT2D eigenvalue weighted by Gasteiger charge is -2.40. The van der Waals surface area contributed by atoms with E-state index in [9.17, 15) is 0 Å². The highest BCUT2D eigenvalue weighted by Gasteiger charge is 2.42. The van der Waals surface area contributed by atoms with Crippen LogP contribution in [0.4, 0.5) is 0 Å². The molecule has 2 fully saturated rings. The summed E-state index contributed by atoms with van der Waals surface area (Å²) in [5.74, 6) is 0.617. The van der Waals surface area contributed by atoms with Crippen LogP contribution in [0, 0.1) is 5.92 Å². The van der Waals surface area contributed by atoms with Gasteiger partial charge in [0.2, 0.25) is 0 Å². The largest absolute Gasteiger partial charge is 0.381 e. The molecule has 0 aliphatic carbocycles. The average Bonchev–Trinajstić information content (AvgIpc) is 2.68. The lowest BCUT2D eigenvalue weighted by Crippen LogP contribution is -2.53. The van der Waals surface area contributed by atoms with Crippen molar-refractivity contribution in [1.82, 2.24) is 5.32 Å². The van der Waals surface area contributed by atoms with Crippen molar-refractivity contribution in [3.05, 3.63) is 0 Å². The second-order valence-corrected chi connectivity index (χ2v) is 5.01. The number of likely N-dealkylation sites (N-methyl/N-ethyl adjacent to an activating group) is 1. The molecule has 2 heterocycles. The van der Waals surface area contributed by atoms with Crippen LogP contribution in [0.5, 0.6) is 0 Å². The first kappa shape index (κ1) is 11.4. The van der Waals surface area contributed by atoms with Crippen LogP contribution in [-0.2, 0) is 9.47 Å². The molecular formula is C12H23NO2. The molecular weight excluding hydrogens is 190 g/mol. The minimum Gasteiger partial charge on any atom is -0.381 e. The summed E-state index contributed by atoms with van der Waals surface area (Å²) in [6.07, 6.45) is 4.83. The van der Waals surface area contributed by atoms with E-state index >= 15 is 0 Å². The predicted octanol–water partition coefficient (Wildman–Crippen LogP) is 1.57. The smallest absolute Gasteiger partial charge is 0.0811 e. The highest BCUT2D eigenvalue weighted by atomic mass is 16.5. The first-order valence-electron chi connectivity index (χ1n) is 6.15. The Balaban J connectivity index is 2.01. The highest BCUT2D eigenvalue weighted by Crippen LogP contribution is 2.34. The Labute approximate surface area is 92.5 Å². The van der Waals surface area contributed by atoms with E-state index in [1.165, 1.54) is 25.7 Å². The van der Waals surface area contributed by atoms with E-state index < -0.39 is 0 Å². The summed E-state index contributed by atoms with van der Waals surface area (Å²) < 4.78 is 11.5. The normalized spacial score (nSPS) is 39.2. The van der Waals surface area contributed by atoms with Gasteiger partial charge in [-0.25, -0.2) is 0 Å². The molecule has 0 bridgehead atoms. The number of nitrogens with one attached hydrogen (secondary N) is 1. The van der Waals surface area contributed by atoms with Crippen LogP contribution in [0.25, 0.3) is 0 Å². The maximum Gasteiger partial charge on any atom is 0.0811 e. The SMILES string of the molecule is CNC(C1CCCOC1)C1(C)CCCO1. The molecule has 2 saturated heterocycles.